The summed E-state index contributed by atoms with van der Waals surface area (Å²) >= 11 is 0.790. The maximum atomic E-state index is 13.3. The highest BCUT2D eigenvalue weighted by Crippen LogP contribution is 2.37. The van der Waals surface area contributed by atoms with E-state index >= 15 is 0 Å². The van der Waals surface area contributed by atoms with Crippen LogP contribution >= 0.6 is 11.8 Å². The van der Waals surface area contributed by atoms with Gasteiger partial charge in [0.15, 0.2) is 0 Å². The van der Waals surface area contributed by atoms with Crippen LogP contribution in [0.15, 0.2) is 53.4 Å². The van der Waals surface area contributed by atoms with E-state index in [0.717, 1.165) is 16.7 Å². The molecule has 0 bridgehead atoms. The molecule has 2 aromatic carbocycles. The zero-order chi connectivity index (χ0) is 29.8. The molecular formula is C27H33NO11S. The van der Waals surface area contributed by atoms with Crippen LogP contribution in [0.5, 0.6) is 0 Å². The largest absolute Gasteiger partial charge is 0.480 e. The van der Waals surface area contributed by atoms with Crippen LogP contribution in [0, 0.1) is 0 Å². The topological polar surface area (TPSA) is 194 Å². The smallest absolute Gasteiger partial charge is 0.415 e. The highest BCUT2D eigenvalue weighted by molar-refractivity contribution is 7.99. The number of carbonyl (C=O) groups excluding carboxylic acids is 1. The Hall–Kier alpha value is -3.20. The van der Waals surface area contributed by atoms with Crippen LogP contribution in [0.4, 0.5) is 10.5 Å². The molecule has 1 saturated heterocycles. The summed E-state index contributed by atoms with van der Waals surface area (Å²) in [5, 5.41) is 60.5. The zero-order valence-corrected chi connectivity index (χ0v) is 22.9. The van der Waals surface area contributed by atoms with Gasteiger partial charge in [0, 0.05) is 17.0 Å². The van der Waals surface area contributed by atoms with E-state index in [4.69, 9.17) is 9.47 Å². The van der Waals surface area contributed by atoms with Gasteiger partial charge in [0.05, 0.1) is 12.2 Å². The fourth-order valence-corrected chi connectivity index (χ4v) is 5.41. The molecule has 1 amide bonds. The molecule has 0 aromatic heterocycles. The van der Waals surface area contributed by atoms with Crippen molar-refractivity contribution in [2.75, 3.05) is 11.5 Å². The van der Waals surface area contributed by atoms with Crippen molar-refractivity contribution in [2.24, 2.45) is 0 Å². The molecule has 2 aromatic rings. The van der Waals surface area contributed by atoms with E-state index in [0.29, 0.717) is 0 Å². The number of para-hydroxylation sites is 1. The number of aliphatic hydroxyl groups is 4. The van der Waals surface area contributed by atoms with Crippen molar-refractivity contribution in [2.45, 2.75) is 73.6 Å². The van der Waals surface area contributed by atoms with E-state index in [2.05, 4.69) is 0 Å². The monoisotopic (exact) mass is 579 g/mol. The number of ether oxygens (including phenoxy) is 2. The highest BCUT2D eigenvalue weighted by atomic mass is 32.2. The number of hydrogen-bond donors (Lipinski definition) is 6. The van der Waals surface area contributed by atoms with E-state index in [-0.39, 0.29) is 21.7 Å². The van der Waals surface area contributed by atoms with Crippen molar-refractivity contribution in [3.05, 3.63) is 59.7 Å². The van der Waals surface area contributed by atoms with Gasteiger partial charge in [-0.15, -0.1) is 0 Å². The van der Waals surface area contributed by atoms with Crippen molar-refractivity contribution in [1.82, 2.24) is 0 Å². The SMILES string of the molecule is CC(C)(C)OC(=O)N(c1ccccc1)[C@@H](Cc1c(SC2O[C@H](CO)[C@@H](O)[C@H](O)[C@@H]2O)cccc1C(=O)O)C(=O)O. The predicted molar refractivity (Wildman–Crippen MR) is 143 cm³/mol. The van der Waals surface area contributed by atoms with Crippen LogP contribution in [0.3, 0.4) is 0 Å². The lowest BCUT2D eigenvalue weighted by Crippen LogP contribution is -2.57. The molecule has 6 atom stereocenters. The number of nitrogens with zero attached hydrogens (tertiary/aromatic N) is 1. The first kappa shape index (κ1) is 31.3. The Morgan fingerprint density at radius 1 is 0.975 bits per heavy atom. The number of anilines is 1. The average Bonchev–Trinajstić information content (AvgIpc) is 2.88. The number of aliphatic hydroxyl groups excluding tert-OH is 4. The van der Waals surface area contributed by atoms with Gasteiger partial charge >= 0.3 is 18.0 Å². The summed E-state index contributed by atoms with van der Waals surface area (Å²) in [5.74, 6) is -2.79. The second kappa shape index (κ2) is 13.0. The molecule has 1 aliphatic rings. The van der Waals surface area contributed by atoms with Gasteiger partial charge in [0.25, 0.3) is 0 Å². The molecule has 1 fully saturated rings. The molecule has 0 aliphatic carbocycles. The number of rotatable bonds is 9. The second-order valence-electron chi connectivity index (χ2n) is 10.1. The molecule has 13 heteroatoms. The van der Waals surface area contributed by atoms with Crippen molar-refractivity contribution in [3.63, 3.8) is 0 Å². The number of carbonyl (C=O) groups is 3. The Bertz CT molecular complexity index is 1200. The number of hydrogen-bond acceptors (Lipinski definition) is 10. The van der Waals surface area contributed by atoms with Crippen molar-refractivity contribution < 1.29 is 54.5 Å². The van der Waals surface area contributed by atoms with Gasteiger partial charge in [-0.05, 0) is 50.6 Å². The normalized spacial score (nSPS) is 23.7. The molecule has 218 valence electrons. The second-order valence-corrected chi connectivity index (χ2v) is 11.3. The van der Waals surface area contributed by atoms with Crippen molar-refractivity contribution in [1.29, 1.82) is 0 Å². The minimum atomic E-state index is -1.66. The first-order valence-electron chi connectivity index (χ1n) is 12.4. The summed E-state index contributed by atoms with van der Waals surface area (Å²) in [4.78, 5) is 39.2. The maximum absolute atomic E-state index is 13.3. The quantitative estimate of drug-likeness (QED) is 0.252. The molecule has 0 spiro atoms. The lowest BCUT2D eigenvalue weighted by Gasteiger charge is -2.40. The van der Waals surface area contributed by atoms with Crippen LogP contribution in [-0.2, 0) is 20.7 Å². The Kier molecular flexibility index (Phi) is 10.2. The molecule has 0 radical (unpaired) electrons. The Morgan fingerprint density at radius 3 is 2.17 bits per heavy atom. The highest BCUT2D eigenvalue weighted by Gasteiger charge is 2.44. The van der Waals surface area contributed by atoms with Crippen LogP contribution in [0.1, 0.15) is 36.7 Å². The third kappa shape index (κ3) is 7.30. The first-order chi connectivity index (χ1) is 18.7. The van der Waals surface area contributed by atoms with Gasteiger partial charge < -0.3 is 40.1 Å². The molecule has 1 unspecified atom stereocenters. The summed E-state index contributed by atoms with van der Waals surface area (Å²) in [6.07, 6.45) is -7.52. The Labute approximate surface area is 234 Å². The fraction of sp³-hybridized carbons (Fsp3) is 0.444. The lowest BCUT2D eigenvalue weighted by molar-refractivity contribution is -0.205. The molecule has 0 saturated carbocycles. The van der Waals surface area contributed by atoms with Gasteiger partial charge in [-0.25, -0.2) is 14.4 Å². The standard InChI is InChI=1S/C27H33NO11S/c1-27(2,3)39-26(37)28(14-8-5-4-6-9-14)17(24(35)36)12-16-15(23(33)34)10-7-11-19(16)40-25-22(32)21(31)20(30)18(13-29)38-25/h4-11,17-18,20-22,25,29-32H,12-13H2,1-3H3,(H,33,34)(H,35,36)/t17-,18+,20+,21-,22-,25?/m0/s1. The summed E-state index contributed by atoms with van der Waals surface area (Å²) in [7, 11) is 0. The molecule has 6 N–H and O–H groups in total. The minimum absolute atomic E-state index is 0.0221. The molecular weight excluding hydrogens is 546 g/mol. The summed E-state index contributed by atoms with van der Waals surface area (Å²) in [6.45, 7) is 4.21. The van der Waals surface area contributed by atoms with Crippen LogP contribution in [0.2, 0.25) is 0 Å². The van der Waals surface area contributed by atoms with Gasteiger partial charge in [-0.3, -0.25) is 4.90 Å². The van der Waals surface area contributed by atoms with E-state index in [1.54, 1.807) is 39.0 Å². The van der Waals surface area contributed by atoms with Gasteiger partial charge in [0.2, 0.25) is 0 Å². The Morgan fingerprint density at radius 2 is 1.62 bits per heavy atom. The zero-order valence-electron chi connectivity index (χ0n) is 22.1. The van der Waals surface area contributed by atoms with Crippen molar-refractivity contribution >= 4 is 35.5 Å². The van der Waals surface area contributed by atoms with Crippen molar-refractivity contribution in [3.8, 4) is 0 Å². The van der Waals surface area contributed by atoms with Gasteiger partial charge in [-0.1, -0.05) is 36.0 Å². The molecule has 1 aliphatic heterocycles. The number of aliphatic carboxylic acids is 1. The number of amides is 1. The van der Waals surface area contributed by atoms with Gasteiger partial charge in [-0.2, -0.15) is 0 Å². The van der Waals surface area contributed by atoms with E-state index in [9.17, 15) is 45.0 Å². The number of carboxylic acid groups (broad SMARTS) is 2. The lowest BCUT2D eigenvalue weighted by atomic mass is 9.98. The fourth-order valence-electron chi connectivity index (χ4n) is 4.17. The van der Waals surface area contributed by atoms with Gasteiger partial charge in [0.1, 0.15) is 41.5 Å². The molecule has 1 heterocycles. The Balaban J connectivity index is 2.07. The summed E-state index contributed by atoms with van der Waals surface area (Å²) in [5.41, 5.74) is -2.24. The van der Waals surface area contributed by atoms with Crippen LogP contribution < -0.4 is 4.90 Å². The minimum Gasteiger partial charge on any atom is -0.480 e. The third-order valence-electron chi connectivity index (χ3n) is 6.07. The first-order valence-corrected chi connectivity index (χ1v) is 13.3. The number of carboxylic acids is 2. The number of thioether (sulfide) groups is 1. The maximum Gasteiger partial charge on any atom is 0.415 e. The summed E-state index contributed by atoms with van der Waals surface area (Å²) < 4.78 is 11.0. The predicted octanol–water partition coefficient (Wildman–Crippen LogP) is 1.71. The molecule has 40 heavy (non-hydrogen) atoms. The number of aromatic carboxylic acids is 1. The van der Waals surface area contributed by atoms with E-state index in [1.807, 2.05) is 0 Å². The molecule has 12 nitrogen and oxygen atoms in total. The molecule has 3 rings (SSSR count). The summed E-state index contributed by atoms with van der Waals surface area (Å²) in [6, 6.07) is 10.5. The van der Waals surface area contributed by atoms with E-state index in [1.165, 1.54) is 30.3 Å². The van der Waals surface area contributed by atoms with Crippen LogP contribution in [0.25, 0.3) is 0 Å². The number of benzene rings is 2. The van der Waals surface area contributed by atoms with Crippen LogP contribution in [-0.4, -0.2) is 96.8 Å². The third-order valence-corrected chi connectivity index (χ3v) is 7.33. The van der Waals surface area contributed by atoms with E-state index < -0.39 is 72.6 Å². The average molecular weight is 580 g/mol.